The molecule has 0 saturated carbocycles. The van der Waals surface area contributed by atoms with E-state index >= 15 is 0 Å². The van der Waals surface area contributed by atoms with Gasteiger partial charge in [0, 0.05) is 40.4 Å². The van der Waals surface area contributed by atoms with E-state index < -0.39 is 0 Å². The Labute approximate surface area is 125 Å². The maximum atomic E-state index is 10.9. The van der Waals surface area contributed by atoms with Crippen LogP contribution >= 0.6 is 27.3 Å². The summed E-state index contributed by atoms with van der Waals surface area (Å²) in [5.41, 5.74) is 2.03. The molecule has 1 aromatic carbocycles. The van der Waals surface area contributed by atoms with E-state index in [1.165, 1.54) is 17.4 Å². The molecule has 0 aliphatic rings. The Morgan fingerprint density at radius 1 is 1.26 bits per heavy atom. The van der Waals surface area contributed by atoms with E-state index in [0.717, 1.165) is 23.2 Å². The van der Waals surface area contributed by atoms with Crippen molar-refractivity contribution in [2.24, 2.45) is 0 Å². The largest absolute Gasteiger partial charge is 0.326 e. The van der Waals surface area contributed by atoms with Crippen LogP contribution in [0, 0.1) is 0 Å². The fourth-order valence-corrected chi connectivity index (χ4v) is 3.11. The van der Waals surface area contributed by atoms with Crippen molar-refractivity contribution in [3.63, 3.8) is 0 Å². The summed E-state index contributed by atoms with van der Waals surface area (Å²) in [6.45, 7) is 3.19. The maximum absolute atomic E-state index is 10.9. The van der Waals surface area contributed by atoms with E-state index in [1.807, 2.05) is 24.3 Å². The van der Waals surface area contributed by atoms with Gasteiger partial charge < -0.3 is 10.6 Å². The van der Waals surface area contributed by atoms with Crippen LogP contribution in [0.2, 0.25) is 0 Å². The second kappa shape index (κ2) is 6.84. The van der Waals surface area contributed by atoms with Gasteiger partial charge in [0.05, 0.1) is 0 Å². The molecule has 100 valence electrons. The zero-order valence-electron chi connectivity index (χ0n) is 10.6. The SMILES string of the molecule is CC(=O)Nc1ccc(CNCc2cc(Br)cs2)cc1. The highest BCUT2D eigenvalue weighted by Gasteiger charge is 1.99. The van der Waals surface area contributed by atoms with Crippen LogP contribution in [0.4, 0.5) is 5.69 Å². The number of carbonyl (C=O) groups excluding carboxylic acids is 1. The molecule has 0 aliphatic carbocycles. The van der Waals surface area contributed by atoms with E-state index in [-0.39, 0.29) is 5.91 Å². The van der Waals surface area contributed by atoms with E-state index in [1.54, 1.807) is 11.3 Å². The zero-order valence-corrected chi connectivity index (χ0v) is 13.0. The molecule has 2 N–H and O–H groups in total. The molecule has 0 saturated heterocycles. The van der Waals surface area contributed by atoms with Gasteiger partial charge in [0.1, 0.15) is 0 Å². The van der Waals surface area contributed by atoms with Crippen LogP contribution in [-0.2, 0) is 17.9 Å². The minimum absolute atomic E-state index is 0.0471. The molecule has 0 atom stereocenters. The van der Waals surface area contributed by atoms with Gasteiger partial charge in [0.15, 0.2) is 0 Å². The molecule has 1 amide bonds. The van der Waals surface area contributed by atoms with Crippen molar-refractivity contribution in [1.29, 1.82) is 0 Å². The van der Waals surface area contributed by atoms with Crippen LogP contribution in [0.15, 0.2) is 40.2 Å². The summed E-state index contributed by atoms with van der Waals surface area (Å²) in [5, 5.41) is 8.23. The molecular weight excluding hydrogens is 324 g/mol. The highest BCUT2D eigenvalue weighted by atomic mass is 79.9. The smallest absolute Gasteiger partial charge is 0.221 e. The molecule has 19 heavy (non-hydrogen) atoms. The van der Waals surface area contributed by atoms with Crippen LogP contribution in [0.5, 0.6) is 0 Å². The quantitative estimate of drug-likeness (QED) is 0.871. The van der Waals surface area contributed by atoms with Crippen molar-refractivity contribution in [3.8, 4) is 0 Å². The number of thiophene rings is 1. The molecule has 3 nitrogen and oxygen atoms in total. The van der Waals surface area contributed by atoms with Crippen molar-refractivity contribution in [2.45, 2.75) is 20.0 Å². The topological polar surface area (TPSA) is 41.1 Å². The van der Waals surface area contributed by atoms with Gasteiger partial charge in [-0.25, -0.2) is 0 Å². The Bertz CT molecular complexity index is 551. The summed E-state index contributed by atoms with van der Waals surface area (Å²) in [6, 6.07) is 9.99. The first-order chi connectivity index (χ1) is 9.13. The summed E-state index contributed by atoms with van der Waals surface area (Å²) in [7, 11) is 0. The van der Waals surface area contributed by atoms with Crippen LogP contribution in [0.1, 0.15) is 17.4 Å². The summed E-state index contributed by atoms with van der Waals surface area (Å²) >= 11 is 5.18. The first-order valence-corrected chi connectivity index (χ1v) is 7.61. The Kier molecular flexibility index (Phi) is 5.13. The van der Waals surface area contributed by atoms with Crippen LogP contribution in [-0.4, -0.2) is 5.91 Å². The fourth-order valence-electron chi connectivity index (χ4n) is 1.69. The minimum Gasteiger partial charge on any atom is -0.326 e. The van der Waals surface area contributed by atoms with E-state index in [2.05, 4.69) is 38.0 Å². The number of hydrogen-bond acceptors (Lipinski definition) is 3. The Hall–Kier alpha value is -1.17. The predicted octanol–water partition coefficient (Wildman–Crippen LogP) is 3.76. The fraction of sp³-hybridized carbons (Fsp3) is 0.214. The van der Waals surface area contributed by atoms with Gasteiger partial charge in [0.2, 0.25) is 5.91 Å². The molecule has 1 heterocycles. The molecule has 1 aromatic heterocycles. The standard InChI is InChI=1S/C14H15BrN2OS/c1-10(18)17-13-4-2-11(3-5-13)7-16-8-14-6-12(15)9-19-14/h2-6,9,16H,7-8H2,1H3,(H,17,18). The first kappa shape index (κ1) is 14.2. The van der Waals surface area contributed by atoms with E-state index in [0.29, 0.717) is 0 Å². The molecule has 5 heteroatoms. The van der Waals surface area contributed by atoms with Gasteiger partial charge in [-0.05, 0) is 39.7 Å². The number of halogens is 1. The van der Waals surface area contributed by atoms with Crippen molar-refractivity contribution in [1.82, 2.24) is 5.32 Å². The number of anilines is 1. The highest BCUT2D eigenvalue weighted by molar-refractivity contribution is 9.10. The number of hydrogen-bond donors (Lipinski definition) is 2. The lowest BCUT2D eigenvalue weighted by Gasteiger charge is -2.05. The Morgan fingerprint density at radius 3 is 2.58 bits per heavy atom. The van der Waals surface area contributed by atoms with Crippen molar-refractivity contribution in [3.05, 3.63) is 50.6 Å². The van der Waals surface area contributed by atoms with Crippen molar-refractivity contribution >= 4 is 38.9 Å². The van der Waals surface area contributed by atoms with Gasteiger partial charge in [-0.2, -0.15) is 0 Å². The molecule has 2 aromatic rings. The van der Waals surface area contributed by atoms with Gasteiger partial charge in [0.25, 0.3) is 0 Å². The second-order valence-electron chi connectivity index (χ2n) is 4.21. The number of nitrogens with one attached hydrogen (secondary N) is 2. The molecule has 0 radical (unpaired) electrons. The van der Waals surface area contributed by atoms with Gasteiger partial charge >= 0.3 is 0 Å². The average molecular weight is 339 g/mol. The van der Waals surface area contributed by atoms with E-state index in [9.17, 15) is 4.79 Å². The summed E-state index contributed by atoms with van der Waals surface area (Å²) in [4.78, 5) is 12.2. The lowest BCUT2D eigenvalue weighted by molar-refractivity contribution is -0.114. The highest BCUT2D eigenvalue weighted by Crippen LogP contribution is 2.19. The van der Waals surface area contributed by atoms with Crippen molar-refractivity contribution in [2.75, 3.05) is 5.32 Å². The molecule has 0 bridgehead atoms. The summed E-state index contributed by atoms with van der Waals surface area (Å²) in [6.07, 6.45) is 0. The normalized spacial score (nSPS) is 10.4. The lowest BCUT2D eigenvalue weighted by atomic mass is 10.2. The zero-order chi connectivity index (χ0) is 13.7. The number of carbonyl (C=O) groups is 1. The predicted molar refractivity (Wildman–Crippen MR) is 83.3 cm³/mol. The average Bonchev–Trinajstić information content (AvgIpc) is 2.77. The van der Waals surface area contributed by atoms with Crippen LogP contribution in [0.25, 0.3) is 0 Å². The third kappa shape index (κ3) is 4.78. The molecule has 0 spiro atoms. The summed E-state index contributed by atoms with van der Waals surface area (Å²) < 4.78 is 1.13. The van der Waals surface area contributed by atoms with E-state index in [4.69, 9.17) is 0 Å². The Morgan fingerprint density at radius 2 is 2.00 bits per heavy atom. The van der Waals surface area contributed by atoms with Gasteiger partial charge in [-0.15, -0.1) is 11.3 Å². The lowest BCUT2D eigenvalue weighted by Crippen LogP contribution is -2.12. The first-order valence-electron chi connectivity index (χ1n) is 5.93. The van der Waals surface area contributed by atoms with Gasteiger partial charge in [-0.1, -0.05) is 12.1 Å². The molecule has 0 unspecified atom stereocenters. The number of rotatable bonds is 5. The van der Waals surface area contributed by atoms with Gasteiger partial charge in [-0.3, -0.25) is 4.79 Å². The Balaban J connectivity index is 1.81. The second-order valence-corrected chi connectivity index (χ2v) is 6.12. The molecule has 2 rings (SSSR count). The molecule has 0 aliphatic heterocycles. The van der Waals surface area contributed by atoms with Crippen LogP contribution < -0.4 is 10.6 Å². The number of benzene rings is 1. The van der Waals surface area contributed by atoms with Crippen molar-refractivity contribution < 1.29 is 4.79 Å². The monoisotopic (exact) mass is 338 g/mol. The molecule has 0 fully saturated rings. The molecular formula is C14H15BrN2OS. The third-order valence-corrected chi connectivity index (χ3v) is 4.22. The minimum atomic E-state index is -0.0471. The third-order valence-electron chi connectivity index (χ3n) is 2.52. The van der Waals surface area contributed by atoms with Crippen LogP contribution in [0.3, 0.4) is 0 Å². The summed E-state index contributed by atoms with van der Waals surface area (Å²) in [5.74, 6) is -0.0471. The number of amides is 1. The maximum Gasteiger partial charge on any atom is 0.221 e.